The predicted octanol–water partition coefficient (Wildman–Crippen LogP) is 12.6. The first-order valence-electron chi connectivity index (χ1n) is 22.3. The maximum atomic E-state index is 11.4. The molecule has 0 bridgehead atoms. The van der Waals surface area contributed by atoms with Crippen LogP contribution in [0.1, 0.15) is 172 Å². The fourth-order valence-corrected chi connectivity index (χ4v) is 10.9. The number of aromatic hydroxyl groups is 2. The molecule has 5 nitrogen and oxygen atoms in total. The zero-order valence-electron chi connectivity index (χ0n) is 35.2. The number of rotatable bonds is 5. The Morgan fingerprint density at radius 3 is 1.46 bits per heavy atom. The number of piperidine rings is 2. The quantitative estimate of drug-likeness (QED) is 0.250. The lowest BCUT2D eigenvalue weighted by Gasteiger charge is -2.40. The Balaban J connectivity index is 0.000000161. The molecule has 2 saturated heterocycles. The van der Waals surface area contributed by atoms with Gasteiger partial charge in [-0.2, -0.15) is 0 Å². The van der Waals surface area contributed by atoms with Gasteiger partial charge in [0, 0.05) is 31.0 Å². The van der Waals surface area contributed by atoms with Crippen LogP contribution < -0.4 is 0 Å². The number of carbonyl (C=O) groups excluding carboxylic acids is 1. The first kappa shape index (κ1) is 44.7. The Morgan fingerprint density at radius 1 is 0.518 bits per heavy atom. The molecule has 3 aromatic rings. The lowest BCUT2D eigenvalue weighted by Crippen LogP contribution is -2.41. The van der Waals surface area contributed by atoms with E-state index in [1.165, 1.54) is 144 Å². The molecule has 3 aliphatic carbocycles. The van der Waals surface area contributed by atoms with E-state index in [0.717, 1.165) is 49.6 Å². The minimum atomic E-state index is 0. The molecule has 0 spiro atoms. The Bertz CT molecular complexity index is 1590. The average Bonchev–Trinajstić information content (AvgIpc) is 3.19. The lowest BCUT2D eigenvalue weighted by molar-refractivity contribution is -0.120. The molecule has 8 rings (SSSR count). The van der Waals surface area contributed by atoms with Crippen LogP contribution in [0.2, 0.25) is 0 Å². The third kappa shape index (κ3) is 12.5. The second kappa shape index (κ2) is 22.1. The van der Waals surface area contributed by atoms with Crippen LogP contribution in [0.5, 0.6) is 11.5 Å². The molecule has 0 radical (unpaired) electrons. The van der Waals surface area contributed by atoms with Crippen LogP contribution in [0.25, 0.3) is 0 Å². The molecule has 3 aromatic carbocycles. The zero-order chi connectivity index (χ0) is 38.7. The Hall–Kier alpha value is -2.42. The standard InChI is InChI=1S/C19H29N.C17H25NO2.C14H18O.HI/c1-15-9-10-19(16(2)13-15)17-7-6-8-18(14-17)20-11-4-3-5-12-20;19-15-7-8-16(17(20)12-15)13-5-4-6-14(11-13)18-9-2-1-3-10-18;1-10-6-7-14(11(2)8-10)12-4-3-5-13(15)9-12;/h9-10,13,17-18H,3-8,11-12,14H2,1-2H3;7-8,12-14,19-20H,1-6,9-11H2;6-8,12H,3-5,9H2,1-2H3;1H. The number of aryl methyl sites for hydroxylation is 4. The predicted molar refractivity (Wildman–Crippen MR) is 244 cm³/mol. The summed E-state index contributed by atoms with van der Waals surface area (Å²) in [5.74, 6) is 2.56. The van der Waals surface area contributed by atoms with Gasteiger partial charge in [0.2, 0.25) is 0 Å². The van der Waals surface area contributed by atoms with Crippen molar-refractivity contribution in [1.82, 2.24) is 9.80 Å². The molecule has 2 N–H and O–H groups in total. The van der Waals surface area contributed by atoms with Gasteiger partial charge in [-0.3, -0.25) is 4.79 Å². The number of likely N-dealkylation sites (tertiary alicyclic amines) is 2. The van der Waals surface area contributed by atoms with Crippen LogP contribution in [0.4, 0.5) is 0 Å². The number of hydrogen-bond donors (Lipinski definition) is 2. The second-order valence-electron chi connectivity index (χ2n) is 18.0. The van der Waals surface area contributed by atoms with Crippen LogP contribution in [0.15, 0.2) is 54.6 Å². The van der Waals surface area contributed by atoms with Gasteiger partial charge in [-0.25, -0.2) is 0 Å². The van der Waals surface area contributed by atoms with Crippen molar-refractivity contribution >= 4 is 29.8 Å². The summed E-state index contributed by atoms with van der Waals surface area (Å²) >= 11 is 0. The number of ketones is 1. The van der Waals surface area contributed by atoms with Crippen LogP contribution in [-0.4, -0.2) is 64.1 Å². The summed E-state index contributed by atoms with van der Waals surface area (Å²) in [6.07, 6.45) is 22.6. The Labute approximate surface area is 357 Å². The normalized spacial score (nSPS) is 26.1. The van der Waals surface area contributed by atoms with Crippen LogP contribution in [0, 0.1) is 27.7 Å². The minimum Gasteiger partial charge on any atom is -0.508 e. The van der Waals surface area contributed by atoms with Gasteiger partial charge in [-0.15, -0.1) is 24.0 Å². The minimum absolute atomic E-state index is 0. The highest BCUT2D eigenvalue weighted by Crippen LogP contribution is 2.41. The van der Waals surface area contributed by atoms with Gasteiger partial charge in [-0.05, 0) is 183 Å². The summed E-state index contributed by atoms with van der Waals surface area (Å²) in [7, 11) is 0. The first-order chi connectivity index (χ1) is 26.6. The van der Waals surface area contributed by atoms with E-state index in [2.05, 4.69) is 73.9 Å². The van der Waals surface area contributed by atoms with Crippen molar-refractivity contribution < 1.29 is 15.0 Å². The van der Waals surface area contributed by atoms with E-state index in [0.29, 0.717) is 23.7 Å². The van der Waals surface area contributed by atoms with Crippen molar-refractivity contribution in [1.29, 1.82) is 0 Å². The third-order valence-corrected chi connectivity index (χ3v) is 13.8. The van der Waals surface area contributed by atoms with E-state index >= 15 is 0 Å². The Kier molecular flexibility index (Phi) is 17.6. The maximum Gasteiger partial charge on any atom is 0.133 e. The highest BCUT2D eigenvalue weighted by molar-refractivity contribution is 14.0. The van der Waals surface area contributed by atoms with Crippen LogP contribution in [0.3, 0.4) is 0 Å². The largest absolute Gasteiger partial charge is 0.508 e. The van der Waals surface area contributed by atoms with Crippen molar-refractivity contribution in [2.24, 2.45) is 0 Å². The van der Waals surface area contributed by atoms with E-state index < -0.39 is 0 Å². The average molecular weight is 877 g/mol. The van der Waals surface area contributed by atoms with E-state index in [9.17, 15) is 15.0 Å². The molecule has 6 heteroatoms. The fraction of sp³-hybridized carbons (Fsp3) is 0.620. The summed E-state index contributed by atoms with van der Waals surface area (Å²) in [5.41, 5.74) is 9.58. The molecule has 308 valence electrons. The highest BCUT2D eigenvalue weighted by atomic mass is 127. The molecule has 3 saturated carbocycles. The molecular formula is C50H73IN2O3. The maximum absolute atomic E-state index is 11.4. The molecule has 2 heterocycles. The zero-order valence-corrected chi connectivity index (χ0v) is 37.6. The van der Waals surface area contributed by atoms with Gasteiger partial charge < -0.3 is 20.0 Å². The number of phenolic OH excluding ortho intramolecular Hbond substituents is 2. The number of benzene rings is 3. The Morgan fingerprint density at radius 2 is 0.982 bits per heavy atom. The van der Waals surface area contributed by atoms with Crippen molar-refractivity contribution in [2.75, 3.05) is 26.2 Å². The SMILES string of the molecule is Cc1ccc(C2CCCC(=O)C2)c(C)c1.Cc1ccc(C2CCCC(N3CCCCC3)C2)c(C)c1.I.Oc1ccc(C2CCCC(N3CCCCC3)C2)c(O)c1. The number of hydrogen-bond acceptors (Lipinski definition) is 5. The number of nitrogens with zero attached hydrogens (tertiary/aromatic N) is 2. The fourth-order valence-electron chi connectivity index (χ4n) is 10.9. The monoisotopic (exact) mass is 876 g/mol. The van der Waals surface area contributed by atoms with Gasteiger partial charge in [0.15, 0.2) is 0 Å². The van der Waals surface area contributed by atoms with Crippen molar-refractivity contribution in [3.63, 3.8) is 0 Å². The van der Waals surface area contributed by atoms with E-state index in [-0.39, 0.29) is 35.5 Å². The van der Waals surface area contributed by atoms with E-state index in [1.54, 1.807) is 11.6 Å². The van der Waals surface area contributed by atoms with E-state index in [1.807, 2.05) is 6.07 Å². The number of carbonyl (C=O) groups is 1. The number of Topliss-reactive ketones (excluding diaryl/α,β-unsaturated/α-hetero) is 1. The van der Waals surface area contributed by atoms with Crippen molar-refractivity contribution in [3.05, 3.63) is 93.5 Å². The summed E-state index contributed by atoms with van der Waals surface area (Å²) in [6, 6.07) is 20.2. The summed E-state index contributed by atoms with van der Waals surface area (Å²) < 4.78 is 0. The van der Waals surface area contributed by atoms with E-state index in [4.69, 9.17) is 0 Å². The smallest absolute Gasteiger partial charge is 0.133 e. The molecule has 0 aromatic heterocycles. The molecule has 2 aliphatic heterocycles. The van der Waals surface area contributed by atoms with Crippen molar-refractivity contribution in [3.8, 4) is 11.5 Å². The molecular weight excluding hydrogens is 803 g/mol. The van der Waals surface area contributed by atoms with Gasteiger partial charge in [0.25, 0.3) is 0 Å². The van der Waals surface area contributed by atoms with Gasteiger partial charge in [0.1, 0.15) is 17.3 Å². The van der Waals surface area contributed by atoms with Crippen LogP contribution in [-0.2, 0) is 4.79 Å². The summed E-state index contributed by atoms with van der Waals surface area (Å²) in [4.78, 5) is 16.9. The third-order valence-electron chi connectivity index (χ3n) is 13.8. The first-order valence-corrected chi connectivity index (χ1v) is 22.3. The van der Waals surface area contributed by atoms with Gasteiger partial charge in [0.05, 0.1) is 0 Å². The molecule has 56 heavy (non-hydrogen) atoms. The summed E-state index contributed by atoms with van der Waals surface area (Å²) in [6.45, 7) is 14.0. The lowest BCUT2D eigenvalue weighted by atomic mass is 9.79. The second-order valence-corrected chi connectivity index (χ2v) is 18.0. The number of phenols is 2. The molecule has 5 fully saturated rings. The van der Waals surface area contributed by atoms with Crippen LogP contribution >= 0.6 is 24.0 Å². The molecule has 0 amide bonds. The van der Waals surface area contributed by atoms with Crippen molar-refractivity contribution in [2.45, 2.75) is 173 Å². The molecule has 5 aliphatic rings. The highest BCUT2D eigenvalue weighted by Gasteiger charge is 2.31. The van der Waals surface area contributed by atoms with Gasteiger partial charge >= 0.3 is 0 Å². The van der Waals surface area contributed by atoms with Gasteiger partial charge in [-0.1, -0.05) is 79.3 Å². The topological polar surface area (TPSA) is 64.0 Å². The molecule has 5 atom stereocenters. The number of halogens is 1. The molecule has 5 unspecified atom stereocenters. The summed E-state index contributed by atoms with van der Waals surface area (Å²) in [5, 5.41) is 19.5.